The Morgan fingerprint density at radius 2 is 1.77 bits per heavy atom. The van der Waals surface area contributed by atoms with Gasteiger partial charge in [-0.2, -0.15) is 13.2 Å². The molecule has 1 rings (SSSR count). The topological polar surface area (TPSA) is 47.9 Å². The lowest BCUT2D eigenvalue weighted by Crippen LogP contribution is -2.43. The first kappa shape index (κ1) is 21.8. The number of amides is 1. The summed E-state index contributed by atoms with van der Waals surface area (Å²) in [5.41, 5.74) is 0.0465. The van der Waals surface area contributed by atoms with Gasteiger partial charge in [-0.25, -0.2) is 4.99 Å². The van der Waals surface area contributed by atoms with E-state index in [2.05, 4.69) is 10.3 Å². The summed E-state index contributed by atoms with van der Waals surface area (Å²) in [6.07, 6.45) is -3.48. The molecule has 0 fully saturated rings. The maximum absolute atomic E-state index is 12.7. The normalized spacial score (nSPS) is 13.3. The summed E-state index contributed by atoms with van der Waals surface area (Å²) < 4.78 is 38.0. The number of likely N-dealkylation sites (N-methyl/N-ethyl adjacent to an activating group) is 1. The molecule has 0 aliphatic heterocycles. The van der Waals surface area contributed by atoms with E-state index in [0.29, 0.717) is 12.5 Å². The molecule has 0 bridgehead atoms. The average molecular weight is 372 g/mol. The maximum Gasteiger partial charge on any atom is 0.416 e. The highest BCUT2D eigenvalue weighted by Crippen LogP contribution is 2.29. The molecule has 0 aliphatic carbocycles. The van der Waals surface area contributed by atoms with E-state index in [1.807, 2.05) is 13.8 Å². The molecule has 0 heterocycles. The molecule has 1 N–H and O–H groups in total. The van der Waals surface area contributed by atoms with Gasteiger partial charge in [0.1, 0.15) is 6.54 Å². The number of hydrogen-bond acceptors (Lipinski definition) is 2. The fourth-order valence-corrected chi connectivity index (χ4v) is 2.03. The number of nitrogens with one attached hydrogen (secondary N) is 1. The summed E-state index contributed by atoms with van der Waals surface area (Å²) in [7, 11) is 5.10. The lowest BCUT2D eigenvalue weighted by Gasteiger charge is -2.25. The van der Waals surface area contributed by atoms with Crippen molar-refractivity contribution in [3.8, 4) is 0 Å². The third-order valence-electron chi connectivity index (χ3n) is 3.91. The zero-order valence-electron chi connectivity index (χ0n) is 15.9. The molecule has 1 aromatic rings. The standard InChI is InChI=1S/C18H27F3N4O/c1-6-13(2)23-17(22-11-16(26)24(3)4)25(5)12-14-7-9-15(10-8-14)18(19,20)21/h7-10,13H,6,11-12H2,1-5H3,(H,22,23). The van der Waals surface area contributed by atoms with Crippen LogP contribution in [-0.2, 0) is 17.5 Å². The Morgan fingerprint density at radius 1 is 1.19 bits per heavy atom. The SMILES string of the molecule is CCC(C)NC(=NCC(=O)N(C)C)N(C)Cc1ccc(C(F)(F)F)cc1. The van der Waals surface area contributed by atoms with Crippen molar-refractivity contribution in [2.75, 3.05) is 27.7 Å². The van der Waals surface area contributed by atoms with Crippen molar-refractivity contribution in [3.05, 3.63) is 35.4 Å². The minimum absolute atomic E-state index is 0.00309. The molecule has 0 radical (unpaired) electrons. The molecule has 146 valence electrons. The molecule has 0 aliphatic rings. The van der Waals surface area contributed by atoms with E-state index in [1.165, 1.54) is 17.0 Å². The maximum atomic E-state index is 12.7. The van der Waals surface area contributed by atoms with Crippen LogP contribution in [0.1, 0.15) is 31.4 Å². The monoisotopic (exact) mass is 372 g/mol. The number of hydrogen-bond donors (Lipinski definition) is 1. The Labute approximate surface area is 152 Å². The first-order valence-electron chi connectivity index (χ1n) is 8.43. The minimum Gasteiger partial charge on any atom is -0.354 e. The second-order valence-electron chi connectivity index (χ2n) is 6.43. The molecule has 5 nitrogen and oxygen atoms in total. The van der Waals surface area contributed by atoms with Gasteiger partial charge in [-0.3, -0.25) is 4.79 Å². The molecule has 1 atom stereocenters. The summed E-state index contributed by atoms with van der Waals surface area (Å²) in [5.74, 6) is 0.408. The van der Waals surface area contributed by atoms with Crippen LogP contribution in [0, 0.1) is 0 Å². The smallest absolute Gasteiger partial charge is 0.354 e. The summed E-state index contributed by atoms with van der Waals surface area (Å²) in [6, 6.07) is 5.18. The van der Waals surface area contributed by atoms with Gasteiger partial charge in [0, 0.05) is 33.7 Å². The molecule has 1 amide bonds. The summed E-state index contributed by atoms with van der Waals surface area (Å²) in [6.45, 7) is 4.39. The van der Waals surface area contributed by atoms with Crippen LogP contribution in [0.3, 0.4) is 0 Å². The van der Waals surface area contributed by atoms with Crippen molar-refractivity contribution in [1.82, 2.24) is 15.1 Å². The van der Waals surface area contributed by atoms with Crippen molar-refractivity contribution in [2.24, 2.45) is 4.99 Å². The van der Waals surface area contributed by atoms with Crippen LogP contribution in [0.15, 0.2) is 29.3 Å². The molecule has 0 saturated heterocycles. The van der Waals surface area contributed by atoms with E-state index in [0.717, 1.165) is 24.1 Å². The van der Waals surface area contributed by atoms with Crippen molar-refractivity contribution < 1.29 is 18.0 Å². The third kappa shape index (κ3) is 6.93. The Morgan fingerprint density at radius 3 is 2.23 bits per heavy atom. The first-order valence-corrected chi connectivity index (χ1v) is 8.43. The van der Waals surface area contributed by atoms with E-state index < -0.39 is 11.7 Å². The quantitative estimate of drug-likeness (QED) is 0.617. The van der Waals surface area contributed by atoms with Gasteiger partial charge in [0.25, 0.3) is 0 Å². The van der Waals surface area contributed by atoms with Gasteiger partial charge in [-0.05, 0) is 31.0 Å². The molecule has 0 aromatic heterocycles. The highest BCUT2D eigenvalue weighted by molar-refractivity contribution is 5.84. The number of benzene rings is 1. The first-order chi connectivity index (χ1) is 12.0. The van der Waals surface area contributed by atoms with Crippen LogP contribution in [0.25, 0.3) is 0 Å². The Hall–Kier alpha value is -2.25. The van der Waals surface area contributed by atoms with E-state index >= 15 is 0 Å². The van der Waals surface area contributed by atoms with Crippen molar-refractivity contribution >= 4 is 11.9 Å². The number of halogens is 3. The van der Waals surface area contributed by atoms with Crippen LogP contribution in [-0.4, -0.2) is 55.4 Å². The van der Waals surface area contributed by atoms with E-state index in [1.54, 1.807) is 26.0 Å². The summed E-state index contributed by atoms with van der Waals surface area (Å²) >= 11 is 0. The third-order valence-corrected chi connectivity index (χ3v) is 3.91. The Balaban J connectivity index is 2.88. The fraction of sp³-hybridized carbons (Fsp3) is 0.556. The number of aliphatic imine (C=N–C) groups is 1. The number of nitrogens with zero attached hydrogens (tertiary/aromatic N) is 3. The number of rotatable bonds is 6. The number of carbonyl (C=O) groups is 1. The van der Waals surface area contributed by atoms with E-state index in [-0.39, 0.29) is 18.5 Å². The van der Waals surface area contributed by atoms with Crippen molar-refractivity contribution in [1.29, 1.82) is 0 Å². The highest BCUT2D eigenvalue weighted by atomic mass is 19.4. The van der Waals surface area contributed by atoms with Crippen LogP contribution in [0.4, 0.5) is 13.2 Å². The van der Waals surface area contributed by atoms with Crippen LogP contribution >= 0.6 is 0 Å². The van der Waals surface area contributed by atoms with Gasteiger partial charge in [0.05, 0.1) is 5.56 Å². The predicted octanol–water partition coefficient (Wildman–Crippen LogP) is 2.97. The van der Waals surface area contributed by atoms with Crippen LogP contribution < -0.4 is 5.32 Å². The molecule has 26 heavy (non-hydrogen) atoms. The van der Waals surface area contributed by atoms with Gasteiger partial charge >= 0.3 is 6.18 Å². The van der Waals surface area contributed by atoms with Crippen LogP contribution in [0.5, 0.6) is 0 Å². The van der Waals surface area contributed by atoms with Crippen molar-refractivity contribution in [2.45, 2.75) is 39.0 Å². The molecular weight excluding hydrogens is 345 g/mol. The van der Waals surface area contributed by atoms with E-state index in [9.17, 15) is 18.0 Å². The lowest BCUT2D eigenvalue weighted by molar-refractivity contribution is -0.137. The fourth-order valence-electron chi connectivity index (χ4n) is 2.03. The Kier molecular flexibility index (Phi) is 7.92. The summed E-state index contributed by atoms with van der Waals surface area (Å²) in [5, 5.41) is 3.24. The molecule has 1 unspecified atom stereocenters. The van der Waals surface area contributed by atoms with Crippen molar-refractivity contribution in [3.63, 3.8) is 0 Å². The number of guanidine groups is 1. The largest absolute Gasteiger partial charge is 0.416 e. The molecular formula is C18H27F3N4O. The average Bonchev–Trinajstić information content (AvgIpc) is 2.57. The predicted molar refractivity (Wildman–Crippen MR) is 96.8 cm³/mol. The second-order valence-corrected chi connectivity index (χ2v) is 6.43. The molecule has 0 spiro atoms. The highest BCUT2D eigenvalue weighted by Gasteiger charge is 2.29. The molecule has 8 heteroatoms. The Bertz CT molecular complexity index is 612. The van der Waals surface area contributed by atoms with Crippen LogP contribution in [0.2, 0.25) is 0 Å². The van der Waals surface area contributed by atoms with Gasteiger partial charge in [-0.1, -0.05) is 19.1 Å². The second kappa shape index (κ2) is 9.45. The minimum atomic E-state index is -4.35. The number of alkyl halides is 3. The molecule has 1 aromatic carbocycles. The lowest BCUT2D eigenvalue weighted by atomic mass is 10.1. The van der Waals surface area contributed by atoms with E-state index in [4.69, 9.17) is 0 Å². The molecule has 0 saturated carbocycles. The van der Waals surface area contributed by atoms with Gasteiger partial charge < -0.3 is 15.1 Å². The zero-order valence-corrected chi connectivity index (χ0v) is 15.9. The summed E-state index contributed by atoms with van der Waals surface area (Å²) in [4.78, 5) is 19.4. The van der Waals surface area contributed by atoms with Gasteiger partial charge in [-0.15, -0.1) is 0 Å². The van der Waals surface area contributed by atoms with Gasteiger partial charge in [0.2, 0.25) is 5.91 Å². The number of carbonyl (C=O) groups excluding carboxylic acids is 1. The van der Waals surface area contributed by atoms with Gasteiger partial charge in [0.15, 0.2) is 5.96 Å². The zero-order chi connectivity index (χ0) is 19.9.